The third-order valence-corrected chi connectivity index (χ3v) is 3.93. The van der Waals surface area contributed by atoms with Gasteiger partial charge in [0.25, 0.3) is 5.91 Å². The van der Waals surface area contributed by atoms with Crippen LogP contribution in [0, 0.1) is 23.7 Å². The highest BCUT2D eigenvalue weighted by Crippen LogP contribution is 2.30. The Bertz CT molecular complexity index is 1090. The number of nitrogens with one attached hydrogen (secondary N) is 1. The number of nitrogens with zero attached hydrogens (tertiary/aromatic N) is 1. The fourth-order valence-corrected chi connectivity index (χ4v) is 2.68. The van der Waals surface area contributed by atoms with E-state index in [0.29, 0.717) is 17.0 Å². The van der Waals surface area contributed by atoms with Gasteiger partial charge in [-0.25, -0.2) is 0 Å². The van der Waals surface area contributed by atoms with E-state index in [1.54, 1.807) is 18.2 Å². The Hall–Kier alpha value is -4.02. The Morgan fingerprint density at radius 2 is 1.81 bits per heavy atom. The van der Waals surface area contributed by atoms with Crippen LogP contribution in [-0.4, -0.2) is 12.5 Å². The van der Waals surface area contributed by atoms with Crippen LogP contribution in [0.15, 0.2) is 72.3 Å². The van der Waals surface area contributed by atoms with E-state index in [9.17, 15) is 10.1 Å². The molecule has 1 amide bonds. The van der Waals surface area contributed by atoms with Crippen LogP contribution in [0.25, 0.3) is 16.8 Å². The maximum Gasteiger partial charge on any atom is 0.266 e. The van der Waals surface area contributed by atoms with E-state index in [4.69, 9.17) is 11.2 Å². The van der Waals surface area contributed by atoms with Crippen molar-refractivity contribution in [3.8, 4) is 24.2 Å². The van der Waals surface area contributed by atoms with Gasteiger partial charge in [-0.15, -0.1) is 6.42 Å². The molecule has 0 saturated carbocycles. The topological polar surface area (TPSA) is 62.1 Å². The third-order valence-electron chi connectivity index (χ3n) is 3.93. The average molecular weight is 352 g/mol. The molecule has 4 nitrogen and oxygen atoms in total. The molecule has 27 heavy (non-hydrogen) atoms. The number of carbonyl (C=O) groups is 1. The minimum absolute atomic E-state index is 0.0271. The van der Waals surface area contributed by atoms with Crippen LogP contribution in [0.3, 0.4) is 0 Å². The second kappa shape index (κ2) is 8.38. The van der Waals surface area contributed by atoms with Gasteiger partial charge in [-0.3, -0.25) is 4.79 Å². The number of benzene rings is 3. The second-order valence-corrected chi connectivity index (χ2v) is 5.68. The van der Waals surface area contributed by atoms with E-state index >= 15 is 0 Å². The molecule has 1 N–H and O–H groups in total. The maximum absolute atomic E-state index is 12.5. The van der Waals surface area contributed by atoms with Crippen molar-refractivity contribution in [1.29, 1.82) is 5.26 Å². The number of rotatable bonds is 5. The first-order chi connectivity index (χ1) is 13.2. The smallest absolute Gasteiger partial charge is 0.266 e. The van der Waals surface area contributed by atoms with E-state index in [-0.39, 0.29) is 12.2 Å². The molecule has 0 aromatic heterocycles. The Morgan fingerprint density at radius 3 is 2.56 bits per heavy atom. The minimum Gasteiger partial charge on any atom is -0.480 e. The van der Waals surface area contributed by atoms with Crippen molar-refractivity contribution in [3.63, 3.8) is 0 Å². The molecule has 0 aliphatic rings. The Kier molecular flexibility index (Phi) is 5.52. The molecule has 4 heteroatoms. The largest absolute Gasteiger partial charge is 0.480 e. The molecule has 3 rings (SSSR count). The summed E-state index contributed by atoms with van der Waals surface area (Å²) in [5, 5.41) is 14.1. The number of nitriles is 1. The van der Waals surface area contributed by atoms with Gasteiger partial charge >= 0.3 is 0 Å². The van der Waals surface area contributed by atoms with Crippen molar-refractivity contribution >= 4 is 28.4 Å². The number of hydrogen-bond acceptors (Lipinski definition) is 3. The molecule has 0 aliphatic carbocycles. The van der Waals surface area contributed by atoms with Gasteiger partial charge in [0.05, 0.1) is 0 Å². The lowest BCUT2D eigenvalue weighted by Gasteiger charge is -2.11. The van der Waals surface area contributed by atoms with E-state index in [0.717, 1.165) is 10.8 Å². The average Bonchev–Trinajstić information content (AvgIpc) is 2.71. The van der Waals surface area contributed by atoms with Crippen LogP contribution in [0.5, 0.6) is 5.75 Å². The third kappa shape index (κ3) is 4.15. The number of hydrogen-bond donors (Lipinski definition) is 1. The van der Waals surface area contributed by atoms with Crippen LogP contribution in [0.4, 0.5) is 5.69 Å². The molecule has 3 aromatic rings. The van der Waals surface area contributed by atoms with E-state index in [2.05, 4.69) is 11.2 Å². The van der Waals surface area contributed by atoms with E-state index < -0.39 is 5.91 Å². The number of fused-ring (bicyclic) bond motifs is 1. The van der Waals surface area contributed by atoms with Crippen LogP contribution >= 0.6 is 0 Å². The first-order valence-corrected chi connectivity index (χ1v) is 8.29. The predicted octanol–water partition coefficient (Wildman–Crippen LogP) is 4.40. The van der Waals surface area contributed by atoms with Gasteiger partial charge in [0, 0.05) is 11.3 Å². The maximum atomic E-state index is 12.5. The van der Waals surface area contributed by atoms with Crippen molar-refractivity contribution in [3.05, 3.63) is 77.9 Å². The molecular weight excluding hydrogens is 336 g/mol. The zero-order valence-electron chi connectivity index (χ0n) is 14.5. The standard InChI is InChI=1S/C23H16N2O2/c1-2-14-27-22-13-12-17-8-6-7-11-20(17)21(22)15-18(16-24)23(26)25-19-9-4-3-5-10-19/h1,3-13,15H,14H2,(H,25,26)/b18-15+. The molecule has 0 atom stereocenters. The number of carbonyl (C=O) groups excluding carboxylic acids is 1. The number of anilines is 1. The highest BCUT2D eigenvalue weighted by atomic mass is 16.5. The molecule has 0 spiro atoms. The highest BCUT2D eigenvalue weighted by molar-refractivity contribution is 6.11. The first-order valence-electron chi connectivity index (χ1n) is 8.29. The van der Waals surface area contributed by atoms with Crippen LogP contribution < -0.4 is 10.1 Å². The van der Waals surface area contributed by atoms with Crippen LogP contribution in [0.1, 0.15) is 5.56 Å². The van der Waals surface area contributed by atoms with Crippen LogP contribution in [-0.2, 0) is 4.79 Å². The van der Waals surface area contributed by atoms with Gasteiger partial charge in [0.15, 0.2) is 0 Å². The van der Waals surface area contributed by atoms with E-state index in [1.807, 2.05) is 54.6 Å². The summed E-state index contributed by atoms with van der Waals surface area (Å²) in [4.78, 5) is 12.5. The summed E-state index contributed by atoms with van der Waals surface area (Å²) in [5.41, 5.74) is 1.23. The highest BCUT2D eigenvalue weighted by Gasteiger charge is 2.13. The van der Waals surface area contributed by atoms with Gasteiger partial charge < -0.3 is 10.1 Å². The summed E-state index contributed by atoms with van der Waals surface area (Å²) < 4.78 is 5.62. The summed E-state index contributed by atoms with van der Waals surface area (Å²) in [6, 6.07) is 22.3. The van der Waals surface area contributed by atoms with Gasteiger partial charge in [0.1, 0.15) is 24.0 Å². The van der Waals surface area contributed by atoms with Crippen molar-refractivity contribution in [2.45, 2.75) is 0 Å². The molecule has 0 unspecified atom stereocenters. The molecule has 0 heterocycles. The van der Waals surface area contributed by atoms with Crippen molar-refractivity contribution in [1.82, 2.24) is 0 Å². The van der Waals surface area contributed by atoms with Crippen molar-refractivity contribution in [2.75, 3.05) is 11.9 Å². The summed E-state index contributed by atoms with van der Waals surface area (Å²) in [7, 11) is 0. The lowest BCUT2D eigenvalue weighted by Crippen LogP contribution is -2.13. The molecule has 3 aromatic carbocycles. The Morgan fingerprint density at radius 1 is 1.07 bits per heavy atom. The van der Waals surface area contributed by atoms with Gasteiger partial charge in [-0.05, 0) is 35.0 Å². The fraction of sp³-hybridized carbons (Fsp3) is 0.0435. The van der Waals surface area contributed by atoms with Crippen LogP contribution in [0.2, 0.25) is 0 Å². The second-order valence-electron chi connectivity index (χ2n) is 5.68. The number of amides is 1. The first kappa shape index (κ1) is 17.8. The predicted molar refractivity (Wildman–Crippen MR) is 107 cm³/mol. The summed E-state index contributed by atoms with van der Waals surface area (Å²) in [6.45, 7) is 0.0945. The molecule has 0 fully saturated rings. The van der Waals surface area contributed by atoms with E-state index in [1.165, 1.54) is 6.08 Å². The zero-order chi connectivity index (χ0) is 19.1. The monoisotopic (exact) mass is 352 g/mol. The minimum atomic E-state index is -0.487. The number of terminal acetylenes is 1. The summed E-state index contributed by atoms with van der Waals surface area (Å²) in [6.07, 6.45) is 6.83. The Balaban J connectivity index is 2.04. The normalized spacial score (nSPS) is 10.7. The van der Waals surface area contributed by atoms with Crippen molar-refractivity contribution in [2.24, 2.45) is 0 Å². The zero-order valence-corrected chi connectivity index (χ0v) is 14.5. The molecule has 0 aliphatic heterocycles. The Labute approximate surface area is 157 Å². The number of para-hydroxylation sites is 1. The molecule has 0 saturated heterocycles. The fourth-order valence-electron chi connectivity index (χ4n) is 2.68. The lowest BCUT2D eigenvalue weighted by atomic mass is 10.0. The number of ether oxygens (including phenoxy) is 1. The van der Waals surface area contributed by atoms with Gasteiger partial charge in [-0.2, -0.15) is 5.26 Å². The molecule has 0 radical (unpaired) electrons. The van der Waals surface area contributed by atoms with Crippen molar-refractivity contribution < 1.29 is 9.53 Å². The van der Waals surface area contributed by atoms with Gasteiger partial charge in [-0.1, -0.05) is 54.5 Å². The lowest BCUT2D eigenvalue weighted by molar-refractivity contribution is -0.112. The molecular formula is C23H16N2O2. The summed E-state index contributed by atoms with van der Waals surface area (Å²) >= 11 is 0. The molecule has 130 valence electrons. The molecule has 0 bridgehead atoms. The summed E-state index contributed by atoms with van der Waals surface area (Å²) in [5.74, 6) is 2.46. The quantitative estimate of drug-likeness (QED) is 0.421. The SMILES string of the molecule is C#CCOc1ccc2ccccc2c1/C=C(\C#N)C(=O)Nc1ccccc1. The van der Waals surface area contributed by atoms with Gasteiger partial charge in [0.2, 0.25) is 0 Å².